The molecule has 4 aliphatic heterocycles. The Labute approximate surface area is 534 Å². The van der Waals surface area contributed by atoms with Crippen LogP contribution >= 0.6 is 0 Å². The molecule has 4 saturated heterocycles. The number of amides is 5. The van der Waals surface area contributed by atoms with Crippen LogP contribution in [0.15, 0.2) is 91.0 Å². The number of ether oxygens (including phenoxy) is 5. The molecule has 0 spiro atoms. The third-order valence-electron chi connectivity index (χ3n) is 16.4. The number of halogens is 1. The van der Waals surface area contributed by atoms with Crippen molar-refractivity contribution < 1.29 is 64.6 Å². The summed E-state index contributed by atoms with van der Waals surface area (Å²) in [4.78, 5) is 68.3. The van der Waals surface area contributed by atoms with Crippen molar-refractivity contribution in [1.82, 2.24) is 24.9 Å². The summed E-state index contributed by atoms with van der Waals surface area (Å²) >= 11 is 0. The number of rotatable bonds is 11. The van der Waals surface area contributed by atoms with Gasteiger partial charge in [0.2, 0.25) is 0 Å². The van der Waals surface area contributed by atoms with Gasteiger partial charge in [-0.3, -0.25) is 4.90 Å². The van der Waals surface area contributed by atoms with Crippen molar-refractivity contribution in [2.75, 3.05) is 39.3 Å². The number of carbonyl (C=O) groups excluding carboxylic acids is 5. The molecule has 17 nitrogen and oxygen atoms in total. The van der Waals surface area contributed by atoms with E-state index in [0.717, 1.165) is 66.7 Å². The molecular weight excluding hydrogens is 1150 g/mol. The predicted octanol–water partition coefficient (Wildman–Crippen LogP) is 9.68. The van der Waals surface area contributed by atoms with Crippen LogP contribution in [0.5, 0.6) is 0 Å². The largest absolute Gasteiger partial charge is 2.00 e. The number of fused-ring (bicyclic) bond motifs is 1. The number of carbonyl (C=O) groups is 5. The van der Waals surface area contributed by atoms with Crippen LogP contribution in [0, 0.1) is 47.8 Å². The molecule has 3 N–H and O–H groups in total. The Morgan fingerprint density at radius 1 is 0.565 bits per heavy atom. The number of nitrogens with two attached hydrogens (primary N) is 1. The summed E-state index contributed by atoms with van der Waals surface area (Å²) in [6, 6.07) is 31.0. The SMILES string of the molecule is CC#N.CC(C)(C)OC(=O)N1C2CCN(C(=O)OCc3ccccc3)CC21.CC(C)(C)OC(=O)N[C@@H]1CN(C(=O)OCc2ccccc2)CC[C@H]1CC1CCC1.N[C@@H]1CN(C(=O)OCc2ccccc2)CC[C@H]1CC1CCC1.[Br-].[CH2-]C1CCC1.[Mg+2]. The molecule has 85 heavy (non-hydrogen) atoms. The molecule has 464 valence electrons. The van der Waals surface area contributed by atoms with Crippen molar-refractivity contribution in [1.29, 1.82) is 5.26 Å². The van der Waals surface area contributed by atoms with Crippen LogP contribution in [0.4, 0.5) is 24.0 Å². The molecule has 19 heteroatoms. The van der Waals surface area contributed by atoms with Crippen molar-refractivity contribution in [3.8, 4) is 6.07 Å². The maximum Gasteiger partial charge on any atom is 2.00 e. The third kappa shape index (κ3) is 25.5. The summed E-state index contributed by atoms with van der Waals surface area (Å²) in [5, 5.41) is 10.3. The summed E-state index contributed by atoms with van der Waals surface area (Å²) < 4.78 is 27.1. The van der Waals surface area contributed by atoms with Gasteiger partial charge in [-0.05, 0) is 114 Å². The third-order valence-corrected chi connectivity index (χ3v) is 16.4. The normalized spacial score (nSPS) is 22.3. The number of hydrogen-bond donors (Lipinski definition) is 2. The van der Waals surface area contributed by atoms with Crippen LogP contribution in [0.1, 0.15) is 155 Å². The molecule has 3 aromatic carbocycles. The van der Waals surface area contributed by atoms with E-state index in [4.69, 9.17) is 34.7 Å². The van der Waals surface area contributed by atoms with Gasteiger partial charge in [-0.1, -0.05) is 149 Å². The molecule has 0 radical (unpaired) electrons. The minimum absolute atomic E-state index is 0. The summed E-state index contributed by atoms with van der Waals surface area (Å²) in [5.74, 6) is 3.39. The molecule has 0 aromatic heterocycles. The molecule has 7 aliphatic rings. The van der Waals surface area contributed by atoms with Gasteiger partial charge in [-0.25, -0.2) is 24.0 Å². The number of alkyl carbamates (subject to hydrolysis) is 1. The maximum atomic E-state index is 12.6. The number of likely N-dealkylation sites (tertiary alicyclic amines) is 3. The molecule has 3 saturated carbocycles. The van der Waals surface area contributed by atoms with Crippen molar-refractivity contribution >= 4 is 53.5 Å². The topological polar surface area (TPSA) is 206 Å². The molecule has 3 aliphatic carbocycles. The standard InChI is InChI=1S/C23H34N2O4.C18H24N2O4.C18H26N2O2.C5H9.C2H3N.BrH.Mg/c1-23(2,3)29-21(26)24-20-15-25(13-12-19(20)14-17-10-7-11-17)22(27)28-16-18-8-5-4-6-9-18;1-18(2,3)24-17(22)20-14-9-10-19(11-15(14)20)16(21)23-12-13-7-5-4-6-8-13;19-17-12-20(10-9-16(17)11-14-7-4-8-14)18(21)22-13-15-5-2-1-3-6-15;1-5-3-2-4-5;1-2-3;;/h4-6,8-9,17,19-20H,7,10-16H2,1-3H3,(H,24,26);4-8,14-15H,9-12H2,1-3H3;1-3,5-6,14,16-17H,4,7-13,19H2;5H,1-4H2;1H3;1H;/q;;;-1;;;+2/p-1/t19-,20+;;16-,17+;;;;/m0.0..../s1. The number of nitrogens with zero attached hydrogens (tertiary/aromatic N) is 5. The number of benzene rings is 3. The van der Waals surface area contributed by atoms with Crippen molar-refractivity contribution in [2.45, 2.75) is 194 Å². The van der Waals surface area contributed by atoms with E-state index in [-0.39, 0.29) is 102 Å². The van der Waals surface area contributed by atoms with E-state index in [9.17, 15) is 24.0 Å². The van der Waals surface area contributed by atoms with E-state index in [1.807, 2.05) is 133 Å². The van der Waals surface area contributed by atoms with Gasteiger partial charge in [0.25, 0.3) is 0 Å². The number of piperidine rings is 3. The first-order valence-corrected chi connectivity index (χ1v) is 30.5. The molecular formula is C66H96BrMgN7O10. The molecule has 6 atom stereocenters. The molecule has 0 bridgehead atoms. The molecule has 5 amide bonds. The predicted molar refractivity (Wildman–Crippen MR) is 326 cm³/mol. The van der Waals surface area contributed by atoms with Gasteiger partial charge >= 0.3 is 53.5 Å². The zero-order chi connectivity index (χ0) is 59.9. The summed E-state index contributed by atoms with van der Waals surface area (Å²) in [6.45, 7) is 20.9. The van der Waals surface area contributed by atoms with Crippen LogP contribution in [-0.2, 0) is 43.5 Å². The van der Waals surface area contributed by atoms with E-state index in [1.54, 1.807) is 25.7 Å². The zero-order valence-corrected chi connectivity index (χ0v) is 54.8. The van der Waals surface area contributed by atoms with Crippen LogP contribution < -0.4 is 28.0 Å². The molecule has 2 unspecified atom stereocenters. The average Bonchev–Trinajstić information content (AvgIpc) is 2.08. The molecule has 7 fully saturated rings. The molecule has 10 rings (SSSR count). The summed E-state index contributed by atoms with van der Waals surface area (Å²) in [5.41, 5.74) is 8.18. The van der Waals surface area contributed by atoms with Gasteiger partial charge in [0.1, 0.15) is 31.0 Å². The second-order valence-electron chi connectivity index (χ2n) is 25.4. The monoisotopic (exact) mass is 1250 g/mol. The fourth-order valence-electron chi connectivity index (χ4n) is 11.0. The second kappa shape index (κ2) is 36.1. The smallest absolute Gasteiger partial charge is 1.00 e. The zero-order valence-electron chi connectivity index (χ0n) is 51.8. The Morgan fingerprint density at radius 2 is 0.941 bits per heavy atom. The van der Waals surface area contributed by atoms with Crippen molar-refractivity contribution in [2.24, 2.45) is 35.3 Å². The summed E-state index contributed by atoms with van der Waals surface area (Å²) in [6.07, 6.45) is 15.5. The van der Waals surface area contributed by atoms with E-state index < -0.39 is 17.3 Å². The first kappa shape index (κ1) is 72.2. The van der Waals surface area contributed by atoms with Crippen LogP contribution in [-0.4, -0.2) is 148 Å². The minimum Gasteiger partial charge on any atom is -1.00 e. The fourth-order valence-corrected chi connectivity index (χ4v) is 11.0. The van der Waals surface area contributed by atoms with Gasteiger partial charge in [0.15, 0.2) is 0 Å². The van der Waals surface area contributed by atoms with E-state index in [0.29, 0.717) is 51.2 Å². The van der Waals surface area contributed by atoms with Gasteiger partial charge < -0.3 is 73.3 Å². The first-order valence-electron chi connectivity index (χ1n) is 30.5. The Balaban J connectivity index is 0.000000255. The average molecular weight is 1250 g/mol. The summed E-state index contributed by atoms with van der Waals surface area (Å²) in [7, 11) is 0. The number of nitriles is 1. The van der Waals surface area contributed by atoms with Gasteiger partial charge in [0, 0.05) is 52.2 Å². The second-order valence-corrected chi connectivity index (χ2v) is 25.4. The van der Waals surface area contributed by atoms with Crippen molar-refractivity contribution in [3.63, 3.8) is 0 Å². The maximum absolute atomic E-state index is 12.6. The Hall–Kier alpha value is -5.29. The Morgan fingerprint density at radius 3 is 1.32 bits per heavy atom. The number of nitrogens with one attached hydrogen (secondary N) is 1. The molecule has 3 aromatic rings. The minimum atomic E-state index is -0.545. The van der Waals surface area contributed by atoms with Gasteiger partial charge in [-0.2, -0.15) is 11.2 Å². The van der Waals surface area contributed by atoms with E-state index in [1.165, 1.54) is 71.1 Å². The van der Waals surface area contributed by atoms with E-state index in [2.05, 4.69) is 12.2 Å². The van der Waals surface area contributed by atoms with Crippen LogP contribution in [0.2, 0.25) is 0 Å². The van der Waals surface area contributed by atoms with Gasteiger partial charge in [-0.15, -0.1) is 0 Å². The van der Waals surface area contributed by atoms with Crippen molar-refractivity contribution in [3.05, 3.63) is 115 Å². The first-order chi connectivity index (χ1) is 39.7. The Kier molecular flexibility index (Phi) is 30.7. The number of hydrogen-bond acceptors (Lipinski definition) is 12. The Bertz CT molecular complexity index is 2510. The van der Waals surface area contributed by atoms with Crippen LogP contribution in [0.25, 0.3) is 0 Å². The van der Waals surface area contributed by atoms with E-state index >= 15 is 0 Å². The van der Waals surface area contributed by atoms with Crippen LogP contribution in [0.3, 0.4) is 0 Å². The molecule has 4 heterocycles. The van der Waals surface area contributed by atoms with Gasteiger partial charge in [0.05, 0.1) is 24.2 Å². The quantitative estimate of drug-likeness (QED) is 0.0797. The fraction of sp³-hybridized carbons (Fsp3) is 0.621.